The number of hydrogen-bond acceptors (Lipinski definition) is 6. The minimum Gasteiger partial charge on any atom is -0.486 e. The number of nitrogen functional groups attached to an aromatic ring is 1. The van der Waals surface area contributed by atoms with E-state index in [2.05, 4.69) is 28.9 Å². The number of ether oxygens (including phenoxy) is 1. The Morgan fingerprint density at radius 3 is 2.45 bits per heavy atom. The van der Waals surface area contributed by atoms with Gasteiger partial charge in [-0.1, -0.05) is 42.8 Å². The largest absolute Gasteiger partial charge is 0.486 e. The molecule has 0 spiro atoms. The van der Waals surface area contributed by atoms with Crippen LogP contribution in [0, 0.1) is 11.8 Å². The van der Waals surface area contributed by atoms with E-state index in [0.717, 1.165) is 29.0 Å². The normalized spacial score (nSPS) is 17.9. The number of aromatic nitrogens is 3. The van der Waals surface area contributed by atoms with E-state index >= 15 is 0 Å². The lowest BCUT2D eigenvalue weighted by Gasteiger charge is -2.33. The number of halogens is 2. The Kier molecular flexibility index (Phi) is 8.91. The van der Waals surface area contributed by atoms with Gasteiger partial charge in [0.25, 0.3) is 5.56 Å². The standard InChI is InChI=1S/C19H20Cl2N4O3.C2H7N/c1-3-11(12-6-10(2)7-12)4-5-28-16-14(20)8-13(9-15(16)21)25-19(27)23-18(26)17(22)24-25;1-3-2/h3-4,8-10,12H,1,5-7H2,2H3,(H2,22,24)(H,23,26,27);3H,1-2H3/b11-4+;. The highest BCUT2D eigenvalue weighted by molar-refractivity contribution is 6.37. The molecule has 1 aliphatic carbocycles. The molecule has 0 unspecified atom stereocenters. The predicted molar refractivity (Wildman–Crippen MR) is 126 cm³/mol. The molecule has 1 heterocycles. The topological polar surface area (TPSA) is 115 Å². The number of anilines is 1. The lowest BCUT2D eigenvalue weighted by molar-refractivity contribution is 0.251. The molecular weight excluding hydrogens is 441 g/mol. The zero-order valence-electron chi connectivity index (χ0n) is 17.7. The molecule has 2 aromatic rings. The first-order valence-electron chi connectivity index (χ1n) is 9.74. The number of H-pyrrole nitrogens is 1. The van der Waals surface area contributed by atoms with Gasteiger partial charge >= 0.3 is 5.69 Å². The van der Waals surface area contributed by atoms with Crippen LogP contribution >= 0.6 is 23.2 Å². The van der Waals surface area contributed by atoms with Gasteiger partial charge in [0.1, 0.15) is 6.61 Å². The summed E-state index contributed by atoms with van der Waals surface area (Å²) in [5.74, 6) is 1.21. The van der Waals surface area contributed by atoms with Crippen molar-refractivity contribution in [2.24, 2.45) is 11.8 Å². The predicted octanol–water partition coefficient (Wildman–Crippen LogP) is 3.18. The first kappa shape index (κ1) is 24.7. The molecule has 31 heavy (non-hydrogen) atoms. The molecule has 168 valence electrons. The van der Waals surface area contributed by atoms with E-state index in [9.17, 15) is 9.59 Å². The number of rotatable bonds is 6. The van der Waals surface area contributed by atoms with Crippen LogP contribution in [0.4, 0.5) is 5.82 Å². The van der Waals surface area contributed by atoms with Crippen LogP contribution in [0.5, 0.6) is 5.75 Å². The van der Waals surface area contributed by atoms with Gasteiger partial charge in [-0.2, -0.15) is 4.68 Å². The molecule has 0 aliphatic heterocycles. The zero-order valence-corrected chi connectivity index (χ0v) is 19.3. The summed E-state index contributed by atoms with van der Waals surface area (Å²) in [6.45, 7) is 6.38. The summed E-state index contributed by atoms with van der Waals surface area (Å²) in [6.07, 6.45) is 6.12. The second kappa shape index (κ2) is 11.2. The number of nitrogens with two attached hydrogens (primary N) is 1. The van der Waals surface area contributed by atoms with Gasteiger partial charge in [0.2, 0.25) is 5.82 Å². The zero-order chi connectivity index (χ0) is 23.1. The number of nitrogens with zero attached hydrogens (tertiary/aromatic N) is 2. The Balaban J connectivity index is 0.00000107. The summed E-state index contributed by atoms with van der Waals surface area (Å²) in [4.78, 5) is 25.4. The van der Waals surface area contributed by atoms with Crippen molar-refractivity contribution in [3.05, 3.63) is 67.3 Å². The minimum absolute atomic E-state index is 0.201. The third kappa shape index (κ3) is 6.22. The van der Waals surface area contributed by atoms with Crippen LogP contribution in [0.3, 0.4) is 0 Å². The van der Waals surface area contributed by atoms with Gasteiger partial charge in [0, 0.05) is 0 Å². The molecule has 10 heteroatoms. The van der Waals surface area contributed by atoms with Crippen molar-refractivity contribution < 1.29 is 4.74 Å². The molecule has 1 aromatic carbocycles. The molecule has 0 saturated heterocycles. The van der Waals surface area contributed by atoms with Crippen molar-refractivity contribution in [3.8, 4) is 11.4 Å². The number of allylic oxidation sites excluding steroid dienone is 2. The maximum Gasteiger partial charge on any atom is 0.349 e. The highest BCUT2D eigenvalue weighted by atomic mass is 35.5. The second-order valence-electron chi connectivity index (χ2n) is 7.29. The molecule has 1 fully saturated rings. The van der Waals surface area contributed by atoms with Gasteiger partial charge < -0.3 is 15.8 Å². The molecule has 1 saturated carbocycles. The second-order valence-corrected chi connectivity index (χ2v) is 8.10. The van der Waals surface area contributed by atoms with Crippen molar-refractivity contribution in [3.63, 3.8) is 0 Å². The van der Waals surface area contributed by atoms with E-state index in [1.807, 2.05) is 26.2 Å². The average molecular weight is 468 g/mol. The molecule has 0 atom stereocenters. The molecule has 3 rings (SSSR count). The van der Waals surface area contributed by atoms with Gasteiger partial charge in [0.05, 0.1) is 15.7 Å². The van der Waals surface area contributed by atoms with Gasteiger partial charge in [0.15, 0.2) is 5.75 Å². The summed E-state index contributed by atoms with van der Waals surface area (Å²) in [5, 5.41) is 6.90. The van der Waals surface area contributed by atoms with E-state index in [1.165, 1.54) is 12.1 Å². The minimum atomic E-state index is -0.760. The SMILES string of the molecule is C=C/C(=C\COc1c(Cl)cc(-n2nc(N)c(=O)[nH]c2=O)cc1Cl)C1CC(C)C1.CNC. The third-order valence-corrected chi connectivity index (χ3v) is 5.27. The van der Waals surface area contributed by atoms with Crippen LogP contribution in [0.1, 0.15) is 19.8 Å². The molecule has 0 amide bonds. The Labute approximate surface area is 190 Å². The molecule has 1 aromatic heterocycles. The van der Waals surface area contributed by atoms with Crippen LogP contribution < -0.4 is 27.0 Å². The van der Waals surface area contributed by atoms with E-state index < -0.39 is 11.2 Å². The summed E-state index contributed by atoms with van der Waals surface area (Å²) in [5.41, 5.74) is 5.36. The van der Waals surface area contributed by atoms with Crippen LogP contribution in [-0.4, -0.2) is 35.5 Å². The Hall–Kier alpha value is -2.55. The Bertz CT molecular complexity index is 1050. The summed E-state index contributed by atoms with van der Waals surface area (Å²) in [7, 11) is 3.75. The highest BCUT2D eigenvalue weighted by Gasteiger charge is 2.27. The maximum absolute atomic E-state index is 12.0. The maximum atomic E-state index is 12.0. The van der Waals surface area contributed by atoms with Crippen molar-refractivity contribution in [2.75, 3.05) is 26.4 Å². The Morgan fingerprint density at radius 1 is 1.35 bits per heavy atom. The van der Waals surface area contributed by atoms with E-state index in [0.29, 0.717) is 11.7 Å². The van der Waals surface area contributed by atoms with Crippen LogP contribution in [0.15, 0.2) is 46.0 Å². The fourth-order valence-electron chi connectivity index (χ4n) is 3.21. The van der Waals surface area contributed by atoms with Crippen molar-refractivity contribution in [1.82, 2.24) is 20.1 Å². The first-order valence-corrected chi connectivity index (χ1v) is 10.5. The van der Waals surface area contributed by atoms with E-state index in [1.54, 1.807) is 0 Å². The average Bonchev–Trinajstić information content (AvgIpc) is 2.68. The number of benzene rings is 1. The van der Waals surface area contributed by atoms with Gasteiger partial charge in [-0.15, -0.1) is 5.10 Å². The molecule has 4 N–H and O–H groups in total. The summed E-state index contributed by atoms with van der Waals surface area (Å²) < 4.78 is 6.64. The van der Waals surface area contributed by atoms with Crippen LogP contribution in [-0.2, 0) is 0 Å². The number of aromatic amines is 1. The van der Waals surface area contributed by atoms with Crippen LogP contribution in [0.2, 0.25) is 10.0 Å². The number of nitrogens with one attached hydrogen (secondary N) is 2. The summed E-state index contributed by atoms with van der Waals surface area (Å²) in [6, 6.07) is 2.92. The fourth-order valence-corrected chi connectivity index (χ4v) is 3.79. The van der Waals surface area contributed by atoms with Gasteiger partial charge in [-0.25, -0.2) is 4.79 Å². The lowest BCUT2D eigenvalue weighted by Crippen LogP contribution is -2.33. The van der Waals surface area contributed by atoms with E-state index in [4.69, 9.17) is 33.7 Å². The molecule has 8 nitrogen and oxygen atoms in total. The van der Waals surface area contributed by atoms with Crippen molar-refractivity contribution >= 4 is 29.0 Å². The Morgan fingerprint density at radius 2 is 1.94 bits per heavy atom. The highest BCUT2D eigenvalue weighted by Crippen LogP contribution is 2.39. The molecular formula is C21H27Cl2N5O3. The molecule has 0 bridgehead atoms. The molecule has 1 aliphatic rings. The van der Waals surface area contributed by atoms with Crippen LogP contribution in [0.25, 0.3) is 5.69 Å². The lowest BCUT2D eigenvalue weighted by atomic mass is 9.72. The smallest absolute Gasteiger partial charge is 0.349 e. The third-order valence-electron chi connectivity index (χ3n) is 4.71. The van der Waals surface area contributed by atoms with Crippen molar-refractivity contribution in [1.29, 1.82) is 0 Å². The monoisotopic (exact) mass is 467 g/mol. The van der Waals surface area contributed by atoms with Gasteiger partial charge in [-0.3, -0.25) is 9.78 Å². The first-order chi connectivity index (χ1) is 14.7. The molecule has 0 radical (unpaired) electrons. The van der Waals surface area contributed by atoms with Crippen molar-refractivity contribution in [2.45, 2.75) is 19.8 Å². The number of hydrogen-bond donors (Lipinski definition) is 3. The quantitative estimate of drug-likeness (QED) is 0.561. The fraction of sp³-hybridized carbons (Fsp3) is 0.381. The van der Waals surface area contributed by atoms with Gasteiger partial charge in [-0.05, 0) is 62.6 Å². The van der Waals surface area contributed by atoms with E-state index in [-0.39, 0.29) is 28.2 Å². The summed E-state index contributed by atoms with van der Waals surface area (Å²) >= 11 is 12.6.